The van der Waals surface area contributed by atoms with Crippen molar-refractivity contribution < 1.29 is 9.66 Å². The molecule has 0 aliphatic rings. The van der Waals surface area contributed by atoms with Crippen molar-refractivity contribution in [2.45, 2.75) is 6.61 Å². The minimum Gasteiger partial charge on any atom is -0.489 e. The molecule has 0 N–H and O–H groups in total. The summed E-state index contributed by atoms with van der Waals surface area (Å²) in [5, 5.41) is 12.5. The first-order valence-corrected chi connectivity index (χ1v) is 12.3. The van der Waals surface area contributed by atoms with Crippen molar-refractivity contribution in [2.24, 2.45) is 0 Å². The average molecular weight is 544 g/mol. The SMILES string of the molecule is O=c1c2ccccc2nc(C=Cc2ccc(OCc3ccc(Cl)c(Cl)c3)cc2)n1-c1ccc([N+](=O)[O-])cc1. The molecule has 0 amide bonds. The molecule has 0 fully saturated rings. The van der Waals surface area contributed by atoms with Gasteiger partial charge in [-0.15, -0.1) is 0 Å². The maximum atomic E-state index is 13.4. The predicted octanol–water partition coefficient (Wildman–Crippen LogP) is 7.35. The van der Waals surface area contributed by atoms with E-state index in [1.807, 2.05) is 42.5 Å². The molecule has 188 valence electrons. The van der Waals surface area contributed by atoms with E-state index < -0.39 is 4.92 Å². The Balaban J connectivity index is 1.42. The first kappa shape index (κ1) is 25.2. The van der Waals surface area contributed by atoms with Gasteiger partial charge < -0.3 is 4.74 Å². The lowest BCUT2D eigenvalue weighted by Gasteiger charge is -2.11. The lowest BCUT2D eigenvalue weighted by atomic mass is 10.2. The second-order valence-corrected chi connectivity index (χ2v) is 9.16. The summed E-state index contributed by atoms with van der Waals surface area (Å²) < 4.78 is 7.28. The van der Waals surface area contributed by atoms with E-state index in [2.05, 4.69) is 4.98 Å². The number of nitro groups is 1. The number of aromatic nitrogens is 2. The summed E-state index contributed by atoms with van der Waals surface area (Å²) in [7, 11) is 0. The number of fused-ring (bicyclic) bond motifs is 1. The van der Waals surface area contributed by atoms with Crippen LogP contribution < -0.4 is 10.3 Å². The van der Waals surface area contributed by atoms with E-state index in [0.717, 1.165) is 11.1 Å². The number of halogens is 2. The number of hydrogen-bond donors (Lipinski definition) is 0. The summed E-state index contributed by atoms with van der Waals surface area (Å²) in [6.45, 7) is 0.342. The van der Waals surface area contributed by atoms with Crippen LogP contribution in [0.5, 0.6) is 5.75 Å². The van der Waals surface area contributed by atoms with Gasteiger partial charge in [-0.3, -0.25) is 19.5 Å². The van der Waals surface area contributed by atoms with Crippen LogP contribution in [0.1, 0.15) is 17.0 Å². The zero-order valence-electron chi connectivity index (χ0n) is 19.8. The smallest absolute Gasteiger partial charge is 0.269 e. The van der Waals surface area contributed by atoms with E-state index in [1.54, 1.807) is 36.4 Å². The summed E-state index contributed by atoms with van der Waals surface area (Å²) in [6, 6.07) is 25.7. The highest BCUT2D eigenvalue weighted by Crippen LogP contribution is 2.24. The van der Waals surface area contributed by atoms with E-state index in [-0.39, 0.29) is 11.2 Å². The van der Waals surface area contributed by atoms with Gasteiger partial charge in [-0.1, -0.05) is 59.6 Å². The van der Waals surface area contributed by atoms with Crippen molar-refractivity contribution in [3.63, 3.8) is 0 Å². The molecule has 7 nitrogen and oxygen atoms in total. The van der Waals surface area contributed by atoms with E-state index in [0.29, 0.717) is 44.8 Å². The molecule has 9 heteroatoms. The van der Waals surface area contributed by atoms with Gasteiger partial charge in [0.05, 0.1) is 31.6 Å². The van der Waals surface area contributed by atoms with Crippen LogP contribution in [0.2, 0.25) is 10.0 Å². The molecule has 4 aromatic carbocycles. The summed E-state index contributed by atoms with van der Waals surface area (Å²) in [4.78, 5) is 28.6. The van der Waals surface area contributed by atoms with Crippen LogP contribution in [0.3, 0.4) is 0 Å². The number of rotatable bonds is 7. The van der Waals surface area contributed by atoms with Crippen LogP contribution in [-0.2, 0) is 6.61 Å². The number of hydrogen-bond acceptors (Lipinski definition) is 5. The van der Waals surface area contributed by atoms with Crippen LogP contribution in [0.25, 0.3) is 28.7 Å². The Morgan fingerprint density at radius 3 is 2.34 bits per heavy atom. The normalized spacial score (nSPS) is 11.2. The van der Waals surface area contributed by atoms with Gasteiger partial charge in [-0.2, -0.15) is 0 Å². The van der Waals surface area contributed by atoms with Crippen molar-refractivity contribution >= 4 is 51.9 Å². The minimum atomic E-state index is -0.482. The maximum Gasteiger partial charge on any atom is 0.269 e. The van der Waals surface area contributed by atoms with Crippen molar-refractivity contribution in [2.75, 3.05) is 0 Å². The average Bonchev–Trinajstić information content (AvgIpc) is 2.93. The van der Waals surface area contributed by atoms with E-state index in [4.69, 9.17) is 27.9 Å². The molecule has 38 heavy (non-hydrogen) atoms. The van der Waals surface area contributed by atoms with Crippen LogP contribution in [0.4, 0.5) is 5.69 Å². The van der Waals surface area contributed by atoms with Crippen molar-refractivity contribution in [3.05, 3.63) is 138 Å². The first-order valence-electron chi connectivity index (χ1n) is 11.5. The van der Waals surface area contributed by atoms with E-state index >= 15 is 0 Å². The molecule has 1 aromatic heterocycles. The fourth-order valence-electron chi connectivity index (χ4n) is 3.88. The Bertz CT molecular complexity index is 1730. The number of nitro benzene ring substituents is 1. The quantitative estimate of drug-likeness (QED) is 0.158. The lowest BCUT2D eigenvalue weighted by Crippen LogP contribution is -2.22. The van der Waals surface area contributed by atoms with Crippen molar-refractivity contribution in [3.8, 4) is 11.4 Å². The maximum absolute atomic E-state index is 13.4. The molecule has 0 saturated carbocycles. The number of non-ortho nitro benzene ring substituents is 1. The Kier molecular flexibility index (Phi) is 7.22. The Labute approximate surface area is 227 Å². The second kappa shape index (κ2) is 10.9. The third-order valence-corrected chi connectivity index (χ3v) is 6.55. The molecule has 1 heterocycles. The Hall–Kier alpha value is -4.46. The van der Waals surface area contributed by atoms with Crippen molar-refractivity contribution in [1.82, 2.24) is 9.55 Å². The summed E-state index contributed by atoms with van der Waals surface area (Å²) in [6.07, 6.45) is 3.57. The van der Waals surface area contributed by atoms with Crippen LogP contribution >= 0.6 is 23.2 Å². The van der Waals surface area contributed by atoms with E-state index in [1.165, 1.54) is 28.8 Å². The van der Waals surface area contributed by atoms with Crippen LogP contribution in [0, 0.1) is 10.1 Å². The van der Waals surface area contributed by atoms with Gasteiger partial charge in [0.15, 0.2) is 0 Å². The molecule has 0 bridgehead atoms. The number of benzene rings is 4. The third kappa shape index (κ3) is 5.44. The standard InChI is InChI=1S/C29H19Cl2N3O4/c30-25-15-7-20(17-26(25)31)18-38-23-13-5-19(6-14-23)8-16-28-32-27-4-2-1-3-24(27)29(35)33(28)21-9-11-22(12-10-21)34(36)37/h1-17H,18H2. The molecule has 0 spiro atoms. The summed E-state index contributed by atoms with van der Waals surface area (Å²) in [5.74, 6) is 1.07. The molecular formula is C29H19Cl2N3O4. The molecule has 0 aliphatic heterocycles. The fraction of sp³-hybridized carbons (Fsp3) is 0.0345. The highest BCUT2D eigenvalue weighted by atomic mass is 35.5. The van der Waals surface area contributed by atoms with Crippen LogP contribution in [-0.4, -0.2) is 14.5 Å². The lowest BCUT2D eigenvalue weighted by molar-refractivity contribution is -0.384. The highest BCUT2D eigenvalue weighted by molar-refractivity contribution is 6.42. The summed E-state index contributed by atoms with van der Waals surface area (Å²) in [5.41, 5.74) is 2.47. The van der Waals surface area contributed by atoms with Crippen LogP contribution in [0.15, 0.2) is 95.8 Å². The topological polar surface area (TPSA) is 87.3 Å². The second-order valence-electron chi connectivity index (χ2n) is 8.34. The molecule has 5 aromatic rings. The van der Waals surface area contributed by atoms with Gasteiger partial charge in [0.25, 0.3) is 11.2 Å². The number of para-hydroxylation sites is 1. The largest absolute Gasteiger partial charge is 0.489 e. The van der Waals surface area contributed by atoms with E-state index in [9.17, 15) is 14.9 Å². The van der Waals surface area contributed by atoms with Gasteiger partial charge in [0.1, 0.15) is 18.2 Å². The fourth-order valence-corrected chi connectivity index (χ4v) is 4.20. The molecule has 0 radical (unpaired) electrons. The zero-order chi connectivity index (χ0) is 26.6. The number of ether oxygens (including phenoxy) is 1. The molecular weight excluding hydrogens is 525 g/mol. The van der Waals surface area contributed by atoms with Gasteiger partial charge in [-0.25, -0.2) is 4.98 Å². The molecule has 0 atom stereocenters. The molecule has 0 saturated heterocycles. The van der Waals surface area contributed by atoms with Crippen molar-refractivity contribution in [1.29, 1.82) is 0 Å². The highest BCUT2D eigenvalue weighted by Gasteiger charge is 2.13. The monoisotopic (exact) mass is 543 g/mol. The molecule has 5 rings (SSSR count). The molecule has 0 unspecified atom stereocenters. The van der Waals surface area contributed by atoms with Gasteiger partial charge in [-0.05, 0) is 65.7 Å². The molecule has 0 aliphatic carbocycles. The summed E-state index contributed by atoms with van der Waals surface area (Å²) >= 11 is 12.0. The first-order chi connectivity index (χ1) is 18.4. The Morgan fingerprint density at radius 2 is 1.63 bits per heavy atom. The van der Waals surface area contributed by atoms with Gasteiger partial charge in [0.2, 0.25) is 0 Å². The van der Waals surface area contributed by atoms with Gasteiger partial charge in [0, 0.05) is 12.1 Å². The number of nitrogens with zero attached hydrogens (tertiary/aromatic N) is 3. The minimum absolute atomic E-state index is 0.0610. The third-order valence-electron chi connectivity index (χ3n) is 5.81. The Morgan fingerprint density at radius 1 is 0.895 bits per heavy atom. The zero-order valence-corrected chi connectivity index (χ0v) is 21.3. The predicted molar refractivity (Wildman–Crippen MR) is 150 cm³/mol. The van der Waals surface area contributed by atoms with Gasteiger partial charge >= 0.3 is 0 Å².